The molecular formula is C13H26N2. The molecule has 2 N–H and O–H groups in total. The van der Waals surface area contributed by atoms with Crippen molar-refractivity contribution in [2.45, 2.75) is 70.0 Å². The quantitative estimate of drug-likeness (QED) is 0.697. The summed E-state index contributed by atoms with van der Waals surface area (Å²) in [7, 11) is 2.11. The van der Waals surface area contributed by atoms with Gasteiger partial charge in [0.2, 0.25) is 0 Å². The average Bonchev–Trinajstić information content (AvgIpc) is 2.80. The van der Waals surface area contributed by atoms with Crippen LogP contribution in [0.4, 0.5) is 0 Å². The first kappa shape index (κ1) is 11.4. The lowest BCUT2D eigenvalue weighted by Gasteiger charge is -2.32. The molecule has 2 heteroatoms. The lowest BCUT2D eigenvalue weighted by Crippen LogP contribution is -2.50. The van der Waals surface area contributed by atoms with E-state index in [0.29, 0.717) is 6.17 Å². The maximum Gasteiger partial charge on any atom is 0.0600 e. The van der Waals surface area contributed by atoms with Crippen LogP contribution in [0.2, 0.25) is 0 Å². The third kappa shape index (κ3) is 3.18. The zero-order valence-corrected chi connectivity index (χ0v) is 10.1. The number of hydrogen-bond donors (Lipinski definition) is 2. The molecule has 2 rings (SSSR count). The first-order chi connectivity index (χ1) is 7.40. The Balaban J connectivity index is 1.79. The highest BCUT2D eigenvalue weighted by Crippen LogP contribution is 2.27. The summed E-state index contributed by atoms with van der Waals surface area (Å²) in [5.74, 6) is 0.879. The van der Waals surface area contributed by atoms with Crippen LogP contribution in [0.25, 0.3) is 0 Å². The Morgan fingerprint density at radius 2 is 1.47 bits per heavy atom. The van der Waals surface area contributed by atoms with E-state index in [-0.39, 0.29) is 0 Å². The van der Waals surface area contributed by atoms with E-state index in [1.807, 2.05) is 0 Å². The van der Waals surface area contributed by atoms with E-state index >= 15 is 0 Å². The van der Waals surface area contributed by atoms with Gasteiger partial charge in [-0.2, -0.15) is 0 Å². The fourth-order valence-electron chi connectivity index (χ4n) is 3.27. The van der Waals surface area contributed by atoms with Gasteiger partial charge >= 0.3 is 0 Å². The summed E-state index contributed by atoms with van der Waals surface area (Å²) in [5.41, 5.74) is 0. The summed E-state index contributed by atoms with van der Waals surface area (Å²) < 4.78 is 0. The predicted octanol–water partition coefficient (Wildman–Crippen LogP) is 2.64. The first-order valence-electron chi connectivity index (χ1n) is 6.83. The van der Waals surface area contributed by atoms with Gasteiger partial charge in [-0.3, -0.25) is 5.32 Å². The lowest BCUT2D eigenvalue weighted by atomic mass is 9.86. The average molecular weight is 210 g/mol. The Bertz CT molecular complexity index is 169. The van der Waals surface area contributed by atoms with Gasteiger partial charge in [-0.25, -0.2) is 0 Å². The molecule has 0 heterocycles. The van der Waals surface area contributed by atoms with Crippen LogP contribution >= 0.6 is 0 Å². The maximum absolute atomic E-state index is 3.82. The van der Waals surface area contributed by atoms with Gasteiger partial charge in [-0.05, 0) is 38.6 Å². The SMILES string of the molecule is CN[C@H](NC1CCCC1)C1CCCCC1. The van der Waals surface area contributed by atoms with E-state index in [1.54, 1.807) is 0 Å². The van der Waals surface area contributed by atoms with E-state index in [2.05, 4.69) is 17.7 Å². The highest BCUT2D eigenvalue weighted by molar-refractivity contribution is 4.82. The van der Waals surface area contributed by atoms with E-state index in [9.17, 15) is 0 Å². The first-order valence-corrected chi connectivity index (χ1v) is 6.83. The molecule has 0 radical (unpaired) electrons. The van der Waals surface area contributed by atoms with Gasteiger partial charge in [0, 0.05) is 6.04 Å². The molecule has 0 spiro atoms. The lowest BCUT2D eigenvalue weighted by molar-refractivity contribution is 0.227. The fraction of sp³-hybridized carbons (Fsp3) is 1.00. The van der Waals surface area contributed by atoms with Crippen LogP contribution in [0.1, 0.15) is 57.8 Å². The summed E-state index contributed by atoms with van der Waals surface area (Å²) in [6.07, 6.45) is 13.4. The van der Waals surface area contributed by atoms with Crippen molar-refractivity contribution in [1.82, 2.24) is 10.6 Å². The summed E-state index contributed by atoms with van der Waals surface area (Å²) in [6, 6.07) is 0.796. The van der Waals surface area contributed by atoms with E-state index in [4.69, 9.17) is 0 Å². The van der Waals surface area contributed by atoms with Crippen molar-refractivity contribution in [2.75, 3.05) is 7.05 Å². The molecule has 2 saturated carbocycles. The van der Waals surface area contributed by atoms with Crippen molar-refractivity contribution in [3.8, 4) is 0 Å². The maximum atomic E-state index is 3.82. The smallest absolute Gasteiger partial charge is 0.0600 e. The van der Waals surface area contributed by atoms with Crippen molar-refractivity contribution in [2.24, 2.45) is 5.92 Å². The third-order valence-electron chi connectivity index (χ3n) is 4.20. The Labute approximate surface area is 94.2 Å². The van der Waals surface area contributed by atoms with Crippen molar-refractivity contribution < 1.29 is 0 Å². The van der Waals surface area contributed by atoms with Gasteiger partial charge in [0.1, 0.15) is 0 Å². The van der Waals surface area contributed by atoms with E-state index in [1.165, 1.54) is 57.8 Å². The summed E-state index contributed by atoms with van der Waals surface area (Å²) >= 11 is 0. The summed E-state index contributed by atoms with van der Waals surface area (Å²) in [6.45, 7) is 0. The van der Waals surface area contributed by atoms with E-state index in [0.717, 1.165) is 12.0 Å². The molecule has 0 unspecified atom stereocenters. The van der Waals surface area contributed by atoms with Crippen molar-refractivity contribution in [1.29, 1.82) is 0 Å². The Hall–Kier alpha value is -0.0800. The van der Waals surface area contributed by atoms with Crippen molar-refractivity contribution in [3.05, 3.63) is 0 Å². The molecule has 0 saturated heterocycles. The van der Waals surface area contributed by atoms with Crippen LogP contribution in [0, 0.1) is 5.92 Å². The monoisotopic (exact) mass is 210 g/mol. The largest absolute Gasteiger partial charge is 0.305 e. The summed E-state index contributed by atoms with van der Waals surface area (Å²) in [4.78, 5) is 0. The van der Waals surface area contributed by atoms with Gasteiger partial charge in [0.25, 0.3) is 0 Å². The number of rotatable bonds is 4. The second-order valence-corrected chi connectivity index (χ2v) is 5.31. The zero-order valence-electron chi connectivity index (χ0n) is 10.1. The number of hydrogen-bond acceptors (Lipinski definition) is 2. The van der Waals surface area contributed by atoms with E-state index < -0.39 is 0 Å². The van der Waals surface area contributed by atoms with Crippen molar-refractivity contribution >= 4 is 0 Å². The molecule has 15 heavy (non-hydrogen) atoms. The Kier molecular flexibility index (Phi) is 4.45. The molecule has 0 aromatic carbocycles. The minimum Gasteiger partial charge on any atom is -0.305 e. The second kappa shape index (κ2) is 5.86. The molecule has 0 aromatic heterocycles. The molecule has 2 aliphatic rings. The highest BCUT2D eigenvalue weighted by Gasteiger charge is 2.25. The third-order valence-corrected chi connectivity index (χ3v) is 4.20. The minimum absolute atomic E-state index is 0.577. The fourth-order valence-corrected chi connectivity index (χ4v) is 3.27. The van der Waals surface area contributed by atoms with Crippen LogP contribution < -0.4 is 10.6 Å². The molecular weight excluding hydrogens is 184 g/mol. The molecule has 1 atom stereocenters. The topological polar surface area (TPSA) is 24.1 Å². The van der Waals surface area contributed by atoms with Crippen LogP contribution in [0.15, 0.2) is 0 Å². The van der Waals surface area contributed by atoms with Crippen molar-refractivity contribution in [3.63, 3.8) is 0 Å². The van der Waals surface area contributed by atoms with Gasteiger partial charge in [0.15, 0.2) is 0 Å². The molecule has 0 amide bonds. The Morgan fingerprint density at radius 3 is 2.07 bits per heavy atom. The molecule has 88 valence electrons. The van der Waals surface area contributed by atoms with Gasteiger partial charge in [-0.15, -0.1) is 0 Å². The normalized spacial score (nSPS) is 27.0. The molecule has 0 aliphatic heterocycles. The second-order valence-electron chi connectivity index (χ2n) is 5.31. The Morgan fingerprint density at radius 1 is 0.867 bits per heavy atom. The molecule has 0 aromatic rings. The van der Waals surface area contributed by atoms with Gasteiger partial charge < -0.3 is 5.32 Å². The molecule has 2 fully saturated rings. The van der Waals surface area contributed by atoms with Crippen LogP contribution in [0.5, 0.6) is 0 Å². The highest BCUT2D eigenvalue weighted by atomic mass is 15.1. The standard InChI is InChI=1S/C13H26N2/c1-14-13(11-7-3-2-4-8-11)15-12-9-5-6-10-12/h11-15H,2-10H2,1H3/t13-/m1/s1. The van der Waals surface area contributed by atoms with Crippen LogP contribution in [0.3, 0.4) is 0 Å². The predicted molar refractivity (Wildman–Crippen MR) is 64.8 cm³/mol. The van der Waals surface area contributed by atoms with Crippen LogP contribution in [-0.2, 0) is 0 Å². The zero-order chi connectivity index (χ0) is 10.5. The van der Waals surface area contributed by atoms with Crippen LogP contribution in [-0.4, -0.2) is 19.3 Å². The minimum atomic E-state index is 0.577. The molecule has 2 nitrogen and oxygen atoms in total. The number of nitrogens with one attached hydrogen (secondary N) is 2. The molecule has 2 aliphatic carbocycles. The van der Waals surface area contributed by atoms with Gasteiger partial charge in [-0.1, -0.05) is 32.1 Å². The summed E-state index contributed by atoms with van der Waals surface area (Å²) in [5, 5.41) is 7.31. The molecule has 0 bridgehead atoms. The van der Waals surface area contributed by atoms with Gasteiger partial charge in [0.05, 0.1) is 6.17 Å².